The van der Waals surface area contributed by atoms with Crippen molar-refractivity contribution in [2.24, 2.45) is 0 Å². The molecule has 3 rings (SSSR count). The summed E-state index contributed by atoms with van der Waals surface area (Å²) in [6.45, 7) is -0.332. The van der Waals surface area contributed by atoms with Crippen LogP contribution in [0, 0.1) is 0 Å². The number of hydrogen-bond donors (Lipinski definition) is 1. The Kier molecular flexibility index (Phi) is 5.55. The van der Waals surface area contributed by atoms with E-state index in [2.05, 4.69) is 10.4 Å². The van der Waals surface area contributed by atoms with Crippen LogP contribution in [-0.2, 0) is 9.53 Å². The molecular formula is C19H24N4O3. The van der Waals surface area contributed by atoms with Gasteiger partial charge in [0.2, 0.25) is 0 Å². The second-order valence-electron chi connectivity index (χ2n) is 6.67. The van der Waals surface area contributed by atoms with E-state index in [1.54, 1.807) is 30.5 Å². The van der Waals surface area contributed by atoms with Crippen LogP contribution in [0.3, 0.4) is 0 Å². The fourth-order valence-corrected chi connectivity index (χ4v) is 3.16. The molecule has 0 spiro atoms. The lowest BCUT2D eigenvalue weighted by molar-refractivity contribution is -0.119. The van der Waals surface area contributed by atoms with E-state index in [1.165, 1.54) is 12.8 Å². The van der Waals surface area contributed by atoms with Crippen molar-refractivity contribution in [3.8, 4) is 0 Å². The predicted octanol–water partition coefficient (Wildman–Crippen LogP) is 2.86. The number of ether oxygens (including phenoxy) is 1. The van der Waals surface area contributed by atoms with E-state index >= 15 is 0 Å². The normalized spacial score (nSPS) is 14.2. The van der Waals surface area contributed by atoms with E-state index in [0.29, 0.717) is 17.4 Å². The van der Waals surface area contributed by atoms with Crippen molar-refractivity contribution < 1.29 is 14.3 Å². The highest BCUT2D eigenvalue weighted by molar-refractivity contribution is 5.95. The topological polar surface area (TPSA) is 76.5 Å². The SMILES string of the molecule is CN(C)c1cccc(C(=O)OCC(=O)Nc2ccnn2C2CCCC2)c1. The molecule has 2 aromatic rings. The molecule has 1 N–H and O–H groups in total. The third kappa shape index (κ3) is 4.22. The molecular weight excluding hydrogens is 332 g/mol. The fraction of sp³-hybridized carbons (Fsp3) is 0.421. The number of carbonyl (C=O) groups is 2. The van der Waals surface area contributed by atoms with Gasteiger partial charge in [0.15, 0.2) is 6.61 Å². The fourth-order valence-electron chi connectivity index (χ4n) is 3.16. The van der Waals surface area contributed by atoms with Gasteiger partial charge in [0.05, 0.1) is 17.8 Å². The maximum atomic E-state index is 12.2. The minimum Gasteiger partial charge on any atom is -0.452 e. The molecule has 0 bridgehead atoms. The molecule has 26 heavy (non-hydrogen) atoms. The third-order valence-corrected chi connectivity index (χ3v) is 4.54. The molecule has 1 aliphatic carbocycles. The van der Waals surface area contributed by atoms with Gasteiger partial charge in [-0.3, -0.25) is 4.79 Å². The molecule has 0 aliphatic heterocycles. The van der Waals surface area contributed by atoms with Crippen LogP contribution in [0.5, 0.6) is 0 Å². The van der Waals surface area contributed by atoms with Crippen molar-refractivity contribution in [3.63, 3.8) is 0 Å². The molecule has 1 aliphatic rings. The zero-order valence-corrected chi connectivity index (χ0v) is 15.1. The molecule has 1 fully saturated rings. The Morgan fingerprint density at radius 2 is 2.04 bits per heavy atom. The van der Waals surface area contributed by atoms with Crippen molar-refractivity contribution in [1.82, 2.24) is 9.78 Å². The van der Waals surface area contributed by atoms with E-state index in [4.69, 9.17) is 4.74 Å². The van der Waals surface area contributed by atoms with Crippen LogP contribution in [0.25, 0.3) is 0 Å². The van der Waals surface area contributed by atoms with Crippen LogP contribution in [0.15, 0.2) is 36.5 Å². The van der Waals surface area contributed by atoms with Crippen LogP contribution in [0.2, 0.25) is 0 Å². The molecule has 1 saturated carbocycles. The second kappa shape index (κ2) is 8.03. The highest BCUT2D eigenvalue weighted by atomic mass is 16.5. The number of carbonyl (C=O) groups excluding carboxylic acids is 2. The van der Waals surface area contributed by atoms with E-state index in [0.717, 1.165) is 18.5 Å². The summed E-state index contributed by atoms with van der Waals surface area (Å²) in [6.07, 6.45) is 6.18. The summed E-state index contributed by atoms with van der Waals surface area (Å²) in [5, 5.41) is 7.09. The van der Waals surface area contributed by atoms with Gasteiger partial charge in [-0.25, -0.2) is 9.48 Å². The highest BCUT2D eigenvalue weighted by Gasteiger charge is 2.21. The molecule has 0 atom stereocenters. The van der Waals surface area contributed by atoms with Crippen LogP contribution >= 0.6 is 0 Å². The monoisotopic (exact) mass is 356 g/mol. The minimum absolute atomic E-state index is 0.330. The second-order valence-corrected chi connectivity index (χ2v) is 6.67. The summed E-state index contributed by atoms with van der Waals surface area (Å²) >= 11 is 0. The lowest BCUT2D eigenvalue weighted by atomic mass is 10.2. The van der Waals surface area contributed by atoms with Gasteiger partial charge in [-0.05, 0) is 31.0 Å². The van der Waals surface area contributed by atoms with Crippen molar-refractivity contribution >= 4 is 23.4 Å². The lowest BCUT2D eigenvalue weighted by Gasteiger charge is -2.15. The lowest BCUT2D eigenvalue weighted by Crippen LogP contribution is -2.23. The van der Waals surface area contributed by atoms with E-state index < -0.39 is 5.97 Å². The maximum absolute atomic E-state index is 12.2. The Morgan fingerprint density at radius 1 is 1.27 bits per heavy atom. The van der Waals surface area contributed by atoms with Gasteiger partial charge in [-0.1, -0.05) is 18.9 Å². The van der Waals surface area contributed by atoms with Crippen molar-refractivity contribution in [2.45, 2.75) is 31.7 Å². The Morgan fingerprint density at radius 3 is 2.77 bits per heavy atom. The molecule has 7 nitrogen and oxygen atoms in total. The van der Waals surface area contributed by atoms with Crippen molar-refractivity contribution in [1.29, 1.82) is 0 Å². The predicted molar refractivity (Wildman–Crippen MR) is 99.4 cm³/mol. The number of rotatable bonds is 6. The first-order chi connectivity index (χ1) is 12.5. The molecule has 7 heteroatoms. The number of anilines is 2. The average Bonchev–Trinajstić information content (AvgIpc) is 3.31. The molecule has 0 unspecified atom stereocenters. The van der Waals surface area contributed by atoms with Gasteiger partial charge in [-0.15, -0.1) is 0 Å². The van der Waals surface area contributed by atoms with Crippen LogP contribution in [0.1, 0.15) is 42.1 Å². The quantitative estimate of drug-likeness (QED) is 0.806. The largest absolute Gasteiger partial charge is 0.452 e. The molecule has 0 radical (unpaired) electrons. The number of benzene rings is 1. The summed E-state index contributed by atoms with van der Waals surface area (Å²) in [5.41, 5.74) is 1.31. The molecule has 1 heterocycles. The Labute approximate surface area is 152 Å². The number of esters is 1. The summed E-state index contributed by atoms with van der Waals surface area (Å²) in [4.78, 5) is 26.2. The Hall–Kier alpha value is -2.83. The average molecular weight is 356 g/mol. The Bertz CT molecular complexity index is 779. The number of amides is 1. The molecule has 1 amide bonds. The molecule has 1 aromatic carbocycles. The van der Waals surface area contributed by atoms with E-state index in [1.807, 2.05) is 29.7 Å². The molecule has 138 valence electrons. The van der Waals surface area contributed by atoms with Gasteiger partial charge in [0.25, 0.3) is 5.91 Å². The minimum atomic E-state index is -0.520. The third-order valence-electron chi connectivity index (χ3n) is 4.54. The maximum Gasteiger partial charge on any atom is 0.338 e. The first kappa shape index (κ1) is 18.0. The van der Waals surface area contributed by atoms with Crippen molar-refractivity contribution in [2.75, 3.05) is 30.9 Å². The zero-order chi connectivity index (χ0) is 18.5. The van der Waals surface area contributed by atoms with E-state index in [9.17, 15) is 9.59 Å². The number of nitrogens with one attached hydrogen (secondary N) is 1. The van der Waals surface area contributed by atoms with Gasteiger partial charge in [0.1, 0.15) is 5.82 Å². The summed E-state index contributed by atoms with van der Waals surface area (Å²) in [6, 6.07) is 9.17. The summed E-state index contributed by atoms with van der Waals surface area (Å²) in [5.74, 6) is -0.248. The smallest absolute Gasteiger partial charge is 0.338 e. The van der Waals surface area contributed by atoms with E-state index in [-0.39, 0.29) is 12.5 Å². The highest BCUT2D eigenvalue weighted by Crippen LogP contribution is 2.31. The summed E-state index contributed by atoms with van der Waals surface area (Å²) < 4.78 is 6.99. The molecule has 0 saturated heterocycles. The zero-order valence-electron chi connectivity index (χ0n) is 15.1. The van der Waals surface area contributed by atoms with Crippen LogP contribution < -0.4 is 10.2 Å². The van der Waals surface area contributed by atoms with Crippen LogP contribution in [0.4, 0.5) is 11.5 Å². The van der Waals surface area contributed by atoms with Gasteiger partial charge < -0.3 is 15.0 Å². The van der Waals surface area contributed by atoms with Gasteiger partial charge >= 0.3 is 5.97 Å². The number of aromatic nitrogens is 2. The van der Waals surface area contributed by atoms with Crippen LogP contribution in [-0.4, -0.2) is 42.4 Å². The number of nitrogens with zero attached hydrogens (tertiary/aromatic N) is 3. The van der Waals surface area contributed by atoms with Gasteiger partial charge in [-0.2, -0.15) is 5.10 Å². The number of hydrogen-bond acceptors (Lipinski definition) is 5. The standard InChI is InChI=1S/C19H24N4O3/c1-22(2)16-9-5-6-14(12-16)19(25)26-13-18(24)21-17-10-11-20-23(17)15-7-3-4-8-15/h5-6,9-12,15H,3-4,7-8,13H2,1-2H3,(H,21,24). The Balaban J connectivity index is 1.55. The summed E-state index contributed by atoms with van der Waals surface area (Å²) in [7, 11) is 3.79. The van der Waals surface area contributed by atoms with Crippen molar-refractivity contribution in [3.05, 3.63) is 42.1 Å². The van der Waals surface area contributed by atoms with Gasteiger partial charge in [0, 0.05) is 25.8 Å². The first-order valence-electron chi connectivity index (χ1n) is 8.82. The first-order valence-corrected chi connectivity index (χ1v) is 8.82. The molecule has 1 aromatic heterocycles.